The molecule has 136 valence electrons. The monoisotopic (exact) mass is 401 g/mol. The van der Waals surface area contributed by atoms with E-state index in [9.17, 15) is 13.2 Å². The predicted molar refractivity (Wildman–Crippen MR) is 104 cm³/mol. The molecule has 0 spiro atoms. The Bertz CT molecular complexity index is 819. The highest BCUT2D eigenvalue weighted by atomic mass is 35.5. The molecule has 1 aromatic carbocycles. The van der Waals surface area contributed by atoms with Crippen molar-refractivity contribution in [2.75, 3.05) is 22.3 Å². The summed E-state index contributed by atoms with van der Waals surface area (Å²) in [5.41, 5.74) is 1.05. The number of carbonyl (C=O) groups is 1. The summed E-state index contributed by atoms with van der Waals surface area (Å²) < 4.78 is 26.2. The van der Waals surface area contributed by atoms with Gasteiger partial charge in [0.15, 0.2) is 0 Å². The van der Waals surface area contributed by atoms with Crippen LogP contribution in [-0.4, -0.2) is 31.6 Å². The van der Waals surface area contributed by atoms with Crippen LogP contribution in [0.3, 0.4) is 0 Å². The Kier molecular flexibility index (Phi) is 6.69. The van der Waals surface area contributed by atoms with Gasteiger partial charge in [-0.05, 0) is 50.2 Å². The third-order valence-electron chi connectivity index (χ3n) is 3.43. The lowest BCUT2D eigenvalue weighted by Crippen LogP contribution is -2.34. The van der Waals surface area contributed by atoms with E-state index in [1.807, 2.05) is 19.1 Å². The number of anilines is 2. The summed E-state index contributed by atoms with van der Waals surface area (Å²) in [7, 11) is -3.31. The average molecular weight is 402 g/mol. The van der Waals surface area contributed by atoms with Gasteiger partial charge >= 0.3 is 6.03 Å². The molecule has 2 N–H and O–H groups in total. The number of hydrogen-bond acceptors (Lipinski definition) is 4. The van der Waals surface area contributed by atoms with Crippen molar-refractivity contribution in [3.8, 4) is 0 Å². The number of rotatable bonds is 7. The number of urea groups is 1. The summed E-state index contributed by atoms with van der Waals surface area (Å²) in [6.07, 6.45) is 0. The zero-order valence-corrected chi connectivity index (χ0v) is 16.3. The summed E-state index contributed by atoms with van der Waals surface area (Å²) in [6, 6.07) is 10.0. The van der Waals surface area contributed by atoms with Crippen LogP contribution in [0.2, 0.25) is 4.34 Å². The van der Waals surface area contributed by atoms with Crippen molar-refractivity contribution >= 4 is 50.4 Å². The number of halogens is 1. The van der Waals surface area contributed by atoms with Crippen molar-refractivity contribution in [3.63, 3.8) is 0 Å². The summed E-state index contributed by atoms with van der Waals surface area (Å²) in [4.78, 5) is 15.1. The molecule has 25 heavy (non-hydrogen) atoms. The Balaban J connectivity index is 1.98. The minimum Gasteiger partial charge on any atom is -0.320 e. The Morgan fingerprint density at radius 3 is 2.28 bits per heavy atom. The van der Waals surface area contributed by atoms with Crippen molar-refractivity contribution in [1.29, 1.82) is 0 Å². The molecular weight excluding hydrogens is 382 g/mol. The summed E-state index contributed by atoms with van der Waals surface area (Å²) in [5, 5.41) is 2.81. The molecule has 6 nitrogen and oxygen atoms in total. The van der Waals surface area contributed by atoms with Gasteiger partial charge in [0.25, 0.3) is 0 Å². The van der Waals surface area contributed by atoms with Crippen molar-refractivity contribution in [2.45, 2.75) is 20.4 Å². The Morgan fingerprint density at radius 2 is 1.76 bits per heavy atom. The maximum absolute atomic E-state index is 12.4. The number of amides is 2. The largest absolute Gasteiger partial charge is 0.322 e. The Labute approximate surface area is 156 Å². The first-order chi connectivity index (χ1) is 11.8. The zero-order chi connectivity index (χ0) is 18.4. The highest BCUT2D eigenvalue weighted by molar-refractivity contribution is 7.92. The van der Waals surface area contributed by atoms with Gasteiger partial charge in [-0.25, -0.2) is 13.2 Å². The smallest absolute Gasteiger partial charge is 0.320 e. The van der Waals surface area contributed by atoms with Gasteiger partial charge in [-0.2, -0.15) is 0 Å². The van der Waals surface area contributed by atoms with Gasteiger partial charge < -0.3 is 10.2 Å². The molecule has 1 aromatic heterocycles. The molecule has 2 amide bonds. The number of carbonyl (C=O) groups excluding carboxylic acids is 1. The van der Waals surface area contributed by atoms with E-state index in [0.29, 0.717) is 28.8 Å². The SMILES string of the molecule is CCN(Cc1ccc(Cl)s1)C(=O)Nc1ccc(NS(=O)(=O)CC)cc1. The lowest BCUT2D eigenvalue weighted by molar-refractivity contribution is 0.212. The number of hydrogen-bond donors (Lipinski definition) is 2. The fourth-order valence-corrected chi connectivity index (χ4v) is 3.77. The highest BCUT2D eigenvalue weighted by Gasteiger charge is 2.14. The van der Waals surface area contributed by atoms with Crippen molar-refractivity contribution < 1.29 is 13.2 Å². The van der Waals surface area contributed by atoms with Crippen LogP contribution in [0.4, 0.5) is 16.2 Å². The summed E-state index contributed by atoms with van der Waals surface area (Å²) >= 11 is 7.36. The van der Waals surface area contributed by atoms with Crippen LogP contribution in [0.15, 0.2) is 36.4 Å². The van der Waals surface area contributed by atoms with Gasteiger partial charge in [-0.3, -0.25) is 4.72 Å². The van der Waals surface area contributed by atoms with Gasteiger partial charge in [-0.1, -0.05) is 11.6 Å². The van der Waals surface area contributed by atoms with Crippen molar-refractivity contribution in [1.82, 2.24) is 4.90 Å². The average Bonchev–Trinajstić information content (AvgIpc) is 2.99. The lowest BCUT2D eigenvalue weighted by Gasteiger charge is -2.20. The second-order valence-electron chi connectivity index (χ2n) is 5.23. The minimum atomic E-state index is -3.31. The molecule has 0 aliphatic heterocycles. The molecule has 2 rings (SSSR count). The topological polar surface area (TPSA) is 78.5 Å². The number of thiophene rings is 1. The Hall–Kier alpha value is -1.77. The number of nitrogens with zero attached hydrogens (tertiary/aromatic N) is 1. The van der Waals surface area contributed by atoms with Gasteiger partial charge in [0, 0.05) is 22.8 Å². The molecule has 0 saturated heterocycles. The third kappa shape index (κ3) is 5.91. The first-order valence-corrected chi connectivity index (χ1v) is 10.6. The van der Waals surface area contributed by atoms with E-state index in [1.165, 1.54) is 11.3 Å². The highest BCUT2D eigenvalue weighted by Crippen LogP contribution is 2.23. The van der Waals surface area contributed by atoms with Crippen molar-refractivity contribution in [2.24, 2.45) is 0 Å². The van der Waals surface area contributed by atoms with E-state index >= 15 is 0 Å². The van der Waals surface area contributed by atoms with Gasteiger partial charge in [-0.15, -0.1) is 11.3 Å². The first-order valence-electron chi connectivity index (χ1n) is 7.73. The normalized spacial score (nSPS) is 11.2. The van der Waals surface area contributed by atoms with Crippen LogP contribution < -0.4 is 10.0 Å². The van der Waals surface area contributed by atoms with E-state index in [2.05, 4.69) is 10.0 Å². The first kappa shape index (κ1) is 19.6. The maximum atomic E-state index is 12.4. The van der Waals surface area contributed by atoms with Crippen LogP contribution >= 0.6 is 22.9 Å². The molecule has 0 saturated carbocycles. The van der Waals surface area contributed by atoms with Gasteiger partial charge in [0.05, 0.1) is 16.6 Å². The van der Waals surface area contributed by atoms with Crippen LogP contribution in [-0.2, 0) is 16.6 Å². The van der Waals surface area contributed by atoms with Crippen LogP contribution in [0.1, 0.15) is 18.7 Å². The number of benzene rings is 1. The molecule has 0 fully saturated rings. The number of sulfonamides is 1. The summed E-state index contributed by atoms with van der Waals surface area (Å²) in [5.74, 6) is 0.00365. The maximum Gasteiger partial charge on any atom is 0.322 e. The van der Waals surface area contributed by atoms with Crippen molar-refractivity contribution in [3.05, 3.63) is 45.6 Å². The molecule has 0 radical (unpaired) electrons. The van der Waals surface area contributed by atoms with E-state index in [1.54, 1.807) is 36.1 Å². The minimum absolute atomic E-state index is 0.00365. The lowest BCUT2D eigenvalue weighted by atomic mass is 10.3. The molecule has 2 aromatic rings. The van der Waals surface area contributed by atoms with Gasteiger partial charge in [0.1, 0.15) is 0 Å². The fourth-order valence-electron chi connectivity index (χ4n) is 2.03. The summed E-state index contributed by atoms with van der Waals surface area (Å²) in [6.45, 7) is 4.50. The molecule has 0 atom stereocenters. The molecular formula is C16H20ClN3O3S2. The molecule has 0 aliphatic carbocycles. The predicted octanol–water partition coefficient (Wildman–Crippen LogP) is 4.22. The Morgan fingerprint density at radius 1 is 1.12 bits per heavy atom. The van der Waals surface area contributed by atoms with Gasteiger partial charge in [0.2, 0.25) is 10.0 Å². The third-order valence-corrected chi connectivity index (χ3v) is 5.96. The van der Waals surface area contributed by atoms with E-state index in [0.717, 1.165) is 4.88 Å². The van der Waals surface area contributed by atoms with E-state index < -0.39 is 10.0 Å². The number of nitrogens with one attached hydrogen (secondary N) is 2. The fraction of sp³-hybridized carbons (Fsp3) is 0.312. The van der Waals surface area contributed by atoms with Crippen LogP contribution in [0.5, 0.6) is 0 Å². The van der Waals surface area contributed by atoms with E-state index in [4.69, 9.17) is 11.6 Å². The van der Waals surface area contributed by atoms with E-state index in [-0.39, 0.29) is 11.8 Å². The molecule has 0 unspecified atom stereocenters. The molecule has 9 heteroatoms. The molecule has 0 bridgehead atoms. The van der Waals surface area contributed by atoms with Crippen LogP contribution in [0, 0.1) is 0 Å². The second kappa shape index (κ2) is 8.55. The van der Waals surface area contributed by atoms with Crippen LogP contribution in [0.25, 0.3) is 0 Å². The molecule has 0 aliphatic rings. The standard InChI is InChI=1S/C16H20ClN3O3S2/c1-3-20(11-14-9-10-15(17)24-14)16(21)18-12-5-7-13(8-6-12)19-25(22,23)4-2/h5-10,19H,3-4,11H2,1-2H3,(H,18,21). The zero-order valence-electron chi connectivity index (χ0n) is 14.0. The quantitative estimate of drug-likeness (QED) is 0.729. The second-order valence-corrected chi connectivity index (χ2v) is 9.04. The molecule has 1 heterocycles.